The summed E-state index contributed by atoms with van der Waals surface area (Å²) < 4.78 is 20.7. The van der Waals surface area contributed by atoms with Crippen LogP contribution >= 0.6 is 11.3 Å². The van der Waals surface area contributed by atoms with Crippen molar-refractivity contribution >= 4 is 22.2 Å². The third-order valence-corrected chi connectivity index (χ3v) is 5.20. The number of benzene rings is 1. The fraction of sp³-hybridized carbons (Fsp3) is 0.211. The molecule has 0 spiro atoms. The van der Waals surface area contributed by atoms with Crippen molar-refractivity contribution in [2.45, 2.75) is 13.5 Å². The minimum absolute atomic E-state index is 0.148. The number of hydrogen-bond acceptors (Lipinski definition) is 5. The number of carbonyl (C=O) groups is 1. The summed E-state index contributed by atoms with van der Waals surface area (Å²) in [4.78, 5) is 27.0. The second-order valence-electron chi connectivity index (χ2n) is 6.42. The molecule has 144 valence electrons. The van der Waals surface area contributed by atoms with E-state index in [2.05, 4.69) is 15.0 Å². The lowest BCUT2D eigenvalue weighted by Gasteiger charge is -2.15. The van der Waals surface area contributed by atoms with Crippen molar-refractivity contribution in [1.29, 1.82) is 0 Å². The molecule has 0 aliphatic heterocycles. The Labute approximate surface area is 164 Å². The van der Waals surface area contributed by atoms with Crippen LogP contribution in [0.1, 0.15) is 22.0 Å². The van der Waals surface area contributed by atoms with Gasteiger partial charge in [-0.1, -0.05) is 0 Å². The van der Waals surface area contributed by atoms with E-state index < -0.39 is 5.82 Å². The van der Waals surface area contributed by atoms with E-state index in [9.17, 15) is 9.18 Å². The topological polar surface area (TPSA) is 75.5 Å². The van der Waals surface area contributed by atoms with Crippen LogP contribution in [0.4, 0.5) is 4.39 Å². The number of methoxy groups -OCH3 is 1. The van der Waals surface area contributed by atoms with E-state index in [4.69, 9.17) is 4.74 Å². The van der Waals surface area contributed by atoms with Crippen LogP contribution in [-0.4, -0.2) is 44.3 Å². The molecule has 3 aromatic heterocycles. The van der Waals surface area contributed by atoms with Crippen molar-refractivity contribution in [3.63, 3.8) is 0 Å². The Morgan fingerprint density at radius 1 is 1.43 bits per heavy atom. The maximum absolute atomic E-state index is 14.0. The third-order valence-electron chi connectivity index (χ3n) is 4.36. The van der Waals surface area contributed by atoms with E-state index in [1.54, 1.807) is 46.3 Å². The molecule has 1 amide bonds. The number of hydrogen-bond donors (Lipinski definition) is 1. The van der Waals surface area contributed by atoms with Gasteiger partial charge in [-0.25, -0.2) is 14.4 Å². The minimum atomic E-state index is -0.457. The number of halogens is 1. The quantitative estimate of drug-likeness (QED) is 0.557. The van der Waals surface area contributed by atoms with Crippen LogP contribution in [0.25, 0.3) is 16.2 Å². The molecule has 9 heteroatoms. The van der Waals surface area contributed by atoms with Gasteiger partial charge in [-0.2, -0.15) is 0 Å². The van der Waals surface area contributed by atoms with Gasteiger partial charge in [0.25, 0.3) is 5.91 Å². The van der Waals surface area contributed by atoms with Crippen LogP contribution in [-0.2, 0) is 6.54 Å². The summed E-state index contributed by atoms with van der Waals surface area (Å²) in [6.07, 6.45) is 3.47. The first-order valence-electron chi connectivity index (χ1n) is 8.52. The number of nitrogens with zero attached hydrogens (tertiary/aromatic N) is 4. The van der Waals surface area contributed by atoms with Gasteiger partial charge in [0.2, 0.25) is 0 Å². The minimum Gasteiger partial charge on any atom is -0.494 e. The SMILES string of the molecule is COc1ccc(-c2cn3c(C(=O)N(C)Cc4ncc(C)[nH]4)csc3n2)cc1F. The summed E-state index contributed by atoms with van der Waals surface area (Å²) in [7, 11) is 3.14. The van der Waals surface area contributed by atoms with Crippen LogP contribution in [0.3, 0.4) is 0 Å². The number of aromatic amines is 1. The van der Waals surface area contributed by atoms with Gasteiger partial charge >= 0.3 is 0 Å². The number of aryl methyl sites for hydroxylation is 1. The summed E-state index contributed by atoms with van der Waals surface area (Å²) in [5, 5.41) is 1.77. The van der Waals surface area contributed by atoms with Gasteiger partial charge < -0.3 is 14.6 Å². The molecule has 0 unspecified atom stereocenters. The Bertz CT molecular complexity index is 1160. The molecule has 4 rings (SSSR count). The smallest absolute Gasteiger partial charge is 0.271 e. The predicted octanol–water partition coefficient (Wildman–Crippen LogP) is 3.51. The van der Waals surface area contributed by atoms with Gasteiger partial charge in [0.15, 0.2) is 16.5 Å². The zero-order valence-corrected chi connectivity index (χ0v) is 16.4. The molecule has 0 atom stereocenters. The van der Waals surface area contributed by atoms with Gasteiger partial charge in [-0.05, 0) is 25.1 Å². The molecule has 0 aliphatic rings. The highest BCUT2D eigenvalue weighted by Gasteiger charge is 2.20. The molecule has 0 fully saturated rings. The van der Waals surface area contributed by atoms with E-state index in [-0.39, 0.29) is 11.7 Å². The zero-order valence-electron chi connectivity index (χ0n) is 15.6. The summed E-state index contributed by atoms with van der Waals surface area (Å²) in [6.45, 7) is 2.28. The average molecular weight is 399 g/mol. The van der Waals surface area contributed by atoms with Gasteiger partial charge in [0.1, 0.15) is 11.5 Å². The van der Waals surface area contributed by atoms with E-state index in [1.165, 1.54) is 24.5 Å². The third kappa shape index (κ3) is 3.24. The molecular formula is C19H18FN5O2S. The highest BCUT2D eigenvalue weighted by molar-refractivity contribution is 7.15. The average Bonchev–Trinajstić information content (AvgIpc) is 3.36. The Kier molecular flexibility index (Phi) is 4.60. The van der Waals surface area contributed by atoms with Crippen molar-refractivity contribution in [2.24, 2.45) is 0 Å². The molecule has 0 aliphatic carbocycles. The number of fused-ring (bicyclic) bond motifs is 1. The molecule has 0 bridgehead atoms. The van der Waals surface area contributed by atoms with Crippen LogP contribution in [0, 0.1) is 12.7 Å². The first kappa shape index (κ1) is 18.2. The highest BCUT2D eigenvalue weighted by Crippen LogP contribution is 2.27. The molecular weight excluding hydrogens is 381 g/mol. The fourth-order valence-electron chi connectivity index (χ4n) is 2.94. The molecule has 0 saturated heterocycles. The van der Waals surface area contributed by atoms with Crippen LogP contribution in [0.5, 0.6) is 5.75 Å². The first-order valence-corrected chi connectivity index (χ1v) is 9.40. The number of H-pyrrole nitrogens is 1. The normalized spacial score (nSPS) is 11.1. The van der Waals surface area contributed by atoms with Gasteiger partial charge in [0, 0.05) is 36.1 Å². The number of thiazole rings is 1. The molecule has 7 nitrogen and oxygen atoms in total. The molecule has 0 saturated carbocycles. The summed E-state index contributed by atoms with van der Waals surface area (Å²) in [5.41, 5.74) is 2.65. The summed E-state index contributed by atoms with van der Waals surface area (Å²) in [6, 6.07) is 4.67. The number of nitrogens with one attached hydrogen (secondary N) is 1. The van der Waals surface area contributed by atoms with Crippen molar-refractivity contribution in [3.05, 3.63) is 59.0 Å². The van der Waals surface area contributed by atoms with Crippen LogP contribution < -0.4 is 4.74 Å². The molecule has 4 aromatic rings. The van der Waals surface area contributed by atoms with Crippen molar-refractivity contribution in [2.75, 3.05) is 14.2 Å². The summed E-state index contributed by atoms with van der Waals surface area (Å²) in [5.74, 6) is 0.293. The molecule has 0 radical (unpaired) electrons. The van der Waals surface area contributed by atoms with E-state index in [0.717, 1.165) is 11.5 Å². The second-order valence-corrected chi connectivity index (χ2v) is 7.26. The first-order chi connectivity index (χ1) is 13.5. The maximum atomic E-state index is 14.0. The second kappa shape index (κ2) is 7.08. The van der Waals surface area contributed by atoms with Crippen LogP contribution in [0.15, 0.2) is 36.0 Å². The Hall–Kier alpha value is -3.20. The fourth-order valence-corrected chi connectivity index (χ4v) is 3.79. The standard InChI is InChI=1S/C19H18FN5O2S/c1-11-7-21-17(22-11)9-24(2)18(26)15-10-28-19-23-14(8-25(15)19)12-4-5-16(27-3)13(20)6-12/h4-8,10H,9H2,1-3H3,(H,21,22). The Morgan fingerprint density at radius 3 is 2.93 bits per heavy atom. The summed E-state index contributed by atoms with van der Waals surface area (Å²) >= 11 is 1.36. The maximum Gasteiger partial charge on any atom is 0.271 e. The number of rotatable bonds is 5. The van der Waals surface area contributed by atoms with Gasteiger partial charge in [-0.15, -0.1) is 11.3 Å². The molecule has 28 heavy (non-hydrogen) atoms. The lowest BCUT2D eigenvalue weighted by Crippen LogP contribution is -2.27. The van der Waals surface area contributed by atoms with E-state index in [0.29, 0.717) is 28.5 Å². The van der Waals surface area contributed by atoms with E-state index >= 15 is 0 Å². The molecule has 1 N–H and O–H groups in total. The Morgan fingerprint density at radius 2 is 2.25 bits per heavy atom. The molecule has 1 aromatic carbocycles. The number of carbonyl (C=O) groups excluding carboxylic acids is 1. The number of imidazole rings is 2. The van der Waals surface area contributed by atoms with Crippen molar-refractivity contribution in [1.82, 2.24) is 24.3 Å². The lowest BCUT2D eigenvalue weighted by atomic mass is 10.1. The predicted molar refractivity (Wildman–Crippen MR) is 104 cm³/mol. The highest BCUT2D eigenvalue weighted by atomic mass is 32.1. The Balaban J connectivity index is 1.62. The molecule has 3 heterocycles. The lowest BCUT2D eigenvalue weighted by molar-refractivity contribution is 0.0775. The largest absolute Gasteiger partial charge is 0.494 e. The van der Waals surface area contributed by atoms with Gasteiger partial charge in [-0.3, -0.25) is 9.20 Å². The number of amides is 1. The number of ether oxygens (including phenoxy) is 1. The van der Waals surface area contributed by atoms with Gasteiger partial charge in [0.05, 0.1) is 19.3 Å². The van der Waals surface area contributed by atoms with Crippen molar-refractivity contribution in [3.8, 4) is 17.0 Å². The number of aromatic nitrogens is 4. The van der Waals surface area contributed by atoms with Crippen LogP contribution in [0.2, 0.25) is 0 Å². The zero-order chi connectivity index (χ0) is 19.8. The van der Waals surface area contributed by atoms with E-state index in [1.807, 2.05) is 6.92 Å². The monoisotopic (exact) mass is 399 g/mol. The van der Waals surface area contributed by atoms with Crippen molar-refractivity contribution < 1.29 is 13.9 Å².